The van der Waals surface area contributed by atoms with Gasteiger partial charge in [-0.3, -0.25) is 5.43 Å². The van der Waals surface area contributed by atoms with Crippen LogP contribution in [0.25, 0.3) is 0 Å². The van der Waals surface area contributed by atoms with Gasteiger partial charge in [0.1, 0.15) is 0 Å². The molecule has 1 atom stereocenters. The molecule has 1 unspecified atom stereocenters. The van der Waals surface area contributed by atoms with Crippen molar-refractivity contribution in [2.45, 2.75) is 0 Å². The third-order valence-corrected chi connectivity index (χ3v) is 3.52. The molecule has 120 valence electrons. The van der Waals surface area contributed by atoms with E-state index in [1.54, 1.807) is 24.3 Å². The lowest BCUT2D eigenvalue weighted by Gasteiger charge is -2.12. The van der Waals surface area contributed by atoms with Crippen LogP contribution in [0.2, 0.25) is 0 Å². The van der Waals surface area contributed by atoms with E-state index in [0.717, 1.165) is 22.5 Å². The molecule has 0 spiro atoms. The van der Waals surface area contributed by atoms with Crippen molar-refractivity contribution in [1.29, 1.82) is 0 Å². The number of hydrazone groups is 1. The van der Waals surface area contributed by atoms with Crippen molar-refractivity contribution in [3.05, 3.63) is 101 Å². The highest BCUT2D eigenvalue weighted by Crippen LogP contribution is 2.14. The minimum absolute atomic E-state index is 0.246. The highest BCUT2D eigenvalue weighted by Gasteiger charge is 2.06. The summed E-state index contributed by atoms with van der Waals surface area (Å²) in [5, 5.41) is 23.4. The molecular formula is C19H17N3O2. The Hall–Kier alpha value is -2.99. The van der Waals surface area contributed by atoms with Crippen LogP contribution < -0.4 is 10.7 Å². The first-order valence-corrected chi connectivity index (χ1v) is 7.52. The van der Waals surface area contributed by atoms with Gasteiger partial charge in [-0.2, -0.15) is 10.3 Å². The Morgan fingerprint density at radius 1 is 0.792 bits per heavy atom. The second kappa shape index (κ2) is 7.52. The van der Waals surface area contributed by atoms with Gasteiger partial charge in [-0.15, -0.1) is 0 Å². The van der Waals surface area contributed by atoms with E-state index in [-0.39, 0.29) is 5.69 Å². The third kappa shape index (κ3) is 3.85. The topological polar surface area (TPSA) is 72.1 Å². The molecule has 0 aliphatic rings. The zero-order valence-electron chi connectivity index (χ0n) is 12.9. The predicted octanol–water partition coefficient (Wildman–Crippen LogP) is 2.95. The Labute approximate surface area is 140 Å². The highest BCUT2D eigenvalue weighted by atomic mass is 16.8. The number of hydrogen-bond donors (Lipinski definition) is 3. The SMILES string of the molecule is [O-][NH+](O)c1ccc(NN=C(c2ccccc2)c2ccccc2)cc1. The summed E-state index contributed by atoms with van der Waals surface area (Å²) >= 11 is 0. The van der Waals surface area contributed by atoms with E-state index in [2.05, 4.69) is 10.5 Å². The zero-order chi connectivity index (χ0) is 16.8. The maximum absolute atomic E-state index is 10.9. The van der Waals surface area contributed by atoms with E-state index in [0.29, 0.717) is 0 Å². The molecule has 0 fully saturated rings. The number of anilines is 1. The molecule has 0 bridgehead atoms. The Balaban J connectivity index is 1.90. The normalized spacial score (nSPS) is 11.6. The van der Waals surface area contributed by atoms with Crippen LogP contribution in [0.4, 0.5) is 11.4 Å². The molecule has 5 nitrogen and oxygen atoms in total. The fraction of sp³-hybridized carbons (Fsp3) is 0. The quantitative estimate of drug-likeness (QED) is 0.500. The molecule has 0 aliphatic heterocycles. The number of hydrogen-bond acceptors (Lipinski definition) is 4. The maximum atomic E-state index is 10.9. The molecule has 0 aliphatic carbocycles. The molecule has 0 heterocycles. The first-order chi connectivity index (χ1) is 11.7. The Kier molecular flexibility index (Phi) is 4.98. The molecule has 0 saturated heterocycles. The average Bonchev–Trinajstić information content (AvgIpc) is 2.64. The number of benzene rings is 3. The summed E-state index contributed by atoms with van der Waals surface area (Å²) < 4.78 is 0. The lowest BCUT2D eigenvalue weighted by Crippen LogP contribution is -2.99. The predicted molar refractivity (Wildman–Crippen MR) is 94.4 cm³/mol. The Morgan fingerprint density at radius 3 is 1.75 bits per heavy atom. The number of nitrogens with one attached hydrogen (secondary N) is 2. The van der Waals surface area contributed by atoms with Gasteiger partial charge in [0, 0.05) is 23.3 Å². The van der Waals surface area contributed by atoms with Gasteiger partial charge in [0.2, 0.25) is 0 Å². The molecule has 5 heteroatoms. The molecule has 0 aromatic heterocycles. The highest BCUT2D eigenvalue weighted by molar-refractivity contribution is 6.13. The van der Waals surface area contributed by atoms with Gasteiger partial charge in [-0.25, -0.2) is 5.21 Å². The van der Waals surface area contributed by atoms with Crippen LogP contribution in [0.5, 0.6) is 0 Å². The second-order valence-electron chi connectivity index (χ2n) is 5.19. The van der Waals surface area contributed by atoms with E-state index in [1.807, 2.05) is 60.7 Å². The maximum Gasteiger partial charge on any atom is 0.163 e. The molecule has 24 heavy (non-hydrogen) atoms. The fourth-order valence-corrected chi connectivity index (χ4v) is 2.30. The summed E-state index contributed by atoms with van der Waals surface area (Å²) in [5.41, 5.74) is 6.79. The lowest BCUT2D eigenvalue weighted by molar-refractivity contribution is -0.991. The standard InChI is InChI=1S/C19H17N3O2/c23-22(24)18-13-11-17(12-14-18)20-21-19(15-7-3-1-4-8-15)16-9-5-2-6-10-16/h1-14,20,22-23H. The van der Waals surface area contributed by atoms with Crippen molar-refractivity contribution >= 4 is 17.1 Å². The van der Waals surface area contributed by atoms with Crippen LogP contribution in [0, 0.1) is 5.21 Å². The summed E-state index contributed by atoms with van der Waals surface area (Å²) in [6.45, 7) is 0. The lowest BCUT2D eigenvalue weighted by atomic mass is 10.0. The number of quaternary nitrogens is 1. The van der Waals surface area contributed by atoms with Crippen LogP contribution in [-0.2, 0) is 0 Å². The van der Waals surface area contributed by atoms with Crippen molar-refractivity contribution < 1.29 is 10.4 Å². The summed E-state index contributed by atoms with van der Waals surface area (Å²) in [6.07, 6.45) is 0. The minimum Gasteiger partial charge on any atom is -0.595 e. The summed E-state index contributed by atoms with van der Waals surface area (Å²) in [6, 6.07) is 26.3. The summed E-state index contributed by atoms with van der Waals surface area (Å²) in [4.78, 5) is 0. The largest absolute Gasteiger partial charge is 0.595 e. The number of rotatable bonds is 5. The van der Waals surface area contributed by atoms with Gasteiger partial charge in [0.25, 0.3) is 0 Å². The molecule has 0 saturated carbocycles. The first kappa shape index (κ1) is 15.9. The van der Waals surface area contributed by atoms with Gasteiger partial charge >= 0.3 is 0 Å². The second-order valence-corrected chi connectivity index (χ2v) is 5.19. The van der Waals surface area contributed by atoms with Gasteiger partial charge in [0.05, 0.1) is 11.4 Å². The molecule has 3 N–H and O–H groups in total. The van der Waals surface area contributed by atoms with Crippen LogP contribution in [0.1, 0.15) is 11.1 Å². The molecular weight excluding hydrogens is 302 g/mol. The minimum atomic E-state index is -0.945. The van der Waals surface area contributed by atoms with Crippen LogP contribution in [0.3, 0.4) is 0 Å². The molecule has 3 aromatic carbocycles. The molecule has 0 amide bonds. The van der Waals surface area contributed by atoms with Crippen LogP contribution in [0.15, 0.2) is 90.0 Å². The Morgan fingerprint density at radius 2 is 1.29 bits per heavy atom. The zero-order valence-corrected chi connectivity index (χ0v) is 12.9. The Bertz CT molecular complexity index is 760. The van der Waals surface area contributed by atoms with E-state index in [4.69, 9.17) is 5.21 Å². The van der Waals surface area contributed by atoms with Crippen molar-refractivity contribution in [3.8, 4) is 0 Å². The average molecular weight is 319 g/mol. The van der Waals surface area contributed by atoms with Crippen molar-refractivity contribution in [3.63, 3.8) is 0 Å². The van der Waals surface area contributed by atoms with E-state index in [9.17, 15) is 5.21 Å². The van der Waals surface area contributed by atoms with Crippen molar-refractivity contribution in [2.75, 3.05) is 5.43 Å². The van der Waals surface area contributed by atoms with Crippen molar-refractivity contribution in [1.82, 2.24) is 0 Å². The van der Waals surface area contributed by atoms with Crippen LogP contribution >= 0.6 is 0 Å². The fourth-order valence-electron chi connectivity index (χ4n) is 2.30. The summed E-state index contributed by atoms with van der Waals surface area (Å²) in [5.74, 6) is 0. The number of nitrogens with zero attached hydrogens (tertiary/aromatic N) is 1. The van der Waals surface area contributed by atoms with Crippen LogP contribution in [-0.4, -0.2) is 10.9 Å². The molecule has 3 aromatic rings. The van der Waals surface area contributed by atoms with Gasteiger partial charge in [-0.1, -0.05) is 60.7 Å². The first-order valence-electron chi connectivity index (χ1n) is 7.52. The van der Waals surface area contributed by atoms with E-state index >= 15 is 0 Å². The monoisotopic (exact) mass is 319 g/mol. The van der Waals surface area contributed by atoms with Crippen molar-refractivity contribution in [2.24, 2.45) is 5.10 Å². The molecule has 3 rings (SSSR count). The van der Waals surface area contributed by atoms with Gasteiger partial charge in [0.15, 0.2) is 5.69 Å². The molecule has 0 radical (unpaired) electrons. The van der Waals surface area contributed by atoms with E-state index < -0.39 is 5.23 Å². The van der Waals surface area contributed by atoms with E-state index in [1.165, 1.54) is 0 Å². The third-order valence-electron chi connectivity index (χ3n) is 3.52. The van der Waals surface area contributed by atoms with Gasteiger partial charge in [-0.05, 0) is 12.1 Å². The summed E-state index contributed by atoms with van der Waals surface area (Å²) in [7, 11) is 0. The van der Waals surface area contributed by atoms with Gasteiger partial charge < -0.3 is 5.21 Å². The smallest absolute Gasteiger partial charge is 0.163 e.